The average Bonchev–Trinajstić information content (AvgIpc) is 3.24. The number of cyclic esters (lactones) is 1. The van der Waals surface area contributed by atoms with Gasteiger partial charge in [-0.05, 0) is 48.3 Å². The summed E-state index contributed by atoms with van der Waals surface area (Å²) >= 11 is 0. The summed E-state index contributed by atoms with van der Waals surface area (Å²) in [5.41, 5.74) is -0.224. The molecule has 1 fully saturated rings. The number of carbonyl (C=O) groups is 3. The summed E-state index contributed by atoms with van der Waals surface area (Å²) in [5, 5.41) is 3.72. The Bertz CT molecular complexity index is 1340. The van der Waals surface area contributed by atoms with Crippen LogP contribution in [0.5, 0.6) is 5.88 Å². The number of halogens is 3. The predicted octanol–water partition coefficient (Wildman–Crippen LogP) is 4.96. The van der Waals surface area contributed by atoms with Crippen LogP contribution in [0.1, 0.15) is 52.5 Å². The van der Waals surface area contributed by atoms with Crippen molar-refractivity contribution < 1.29 is 46.5 Å². The van der Waals surface area contributed by atoms with E-state index in [-0.39, 0.29) is 25.5 Å². The summed E-state index contributed by atoms with van der Waals surface area (Å²) < 4.78 is 62.4. The molecule has 1 saturated heterocycles. The number of fused-ring (bicyclic) bond motifs is 3. The minimum absolute atomic E-state index is 0.00984. The van der Waals surface area contributed by atoms with Crippen LogP contribution < -0.4 is 10.1 Å². The van der Waals surface area contributed by atoms with Gasteiger partial charge in [0, 0.05) is 18.0 Å². The third kappa shape index (κ3) is 7.30. The van der Waals surface area contributed by atoms with Crippen molar-refractivity contribution in [3.05, 3.63) is 42.1 Å². The number of alkyl carbamates (subject to hydrolysis) is 1. The van der Waals surface area contributed by atoms with E-state index in [4.69, 9.17) is 14.2 Å². The number of ether oxygens (including phenoxy) is 4. The lowest BCUT2D eigenvalue weighted by atomic mass is 9.85. The molecule has 1 aromatic heterocycles. The maximum atomic E-state index is 14.1. The number of pyridine rings is 1. The van der Waals surface area contributed by atoms with Gasteiger partial charge in [-0.3, -0.25) is 14.4 Å². The molecule has 2 aliphatic heterocycles. The number of rotatable bonds is 3. The van der Waals surface area contributed by atoms with Gasteiger partial charge >= 0.3 is 18.4 Å². The highest BCUT2D eigenvalue weighted by molar-refractivity contribution is 5.91. The summed E-state index contributed by atoms with van der Waals surface area (Å²) in [6.45, 7) is 6.35. The second kappa shape index (κ2) is 12.6. The van der Waals surface area contributed by atoms with E-state index >= 15 is 0 Å². The lowest BCUT2D eigenvalue weighted by molar-refractivity contribution is -0.361. The van der Waals surface area contributed by atoms with Crippen molar-refractivity contribution in [1.82, 2.24) is 15.2 Å². The van der Waals surface area contributed by atoms with E-state index in [0.29, 0.717) is 23.1 Å². The minimum Gasteiger partial charge on any atom is -0.469 e. The summed E-state index contributed by atoms with van der Waals surface area (Å²) in [6.07, 6.45) is -3.81. The third-order valence-electron chi connectivity index (χ3n) is 6.90. The highest BCUT2D eigenvalue weighted by atomic mass is 19.4. The molecule has 0 saturated carbocycles. The molecule has 0 spiro atoms. The quantitative estimate of drug-likeness (QED) is 0.497. The Labute approximate surface area is 241 Å². The first-order chi connectivity index (χ1) is 19.8. The first-order valence-corrected chi connectivity index (χ1v) is 13.7. The molecule has 2 amide bonds. The number of benzene rings is 1. The average molecular weight is 594 g/mol. The van der Waals surface area contributed by atoms with Gasteiger partial charge in [-0.15, -0.1) is 13.2 Å². The van der Waals surface area contributed by atoms with Crippen molar-refractivity contribution in [1.29, 1.82) is 0 Å². The molecule has 42 heavy (non-hydrogen) atoms. The van der Waals surface area contributed by atoms with Gasteiger partial charge in [0.2, 0.25) is 11.8 Å². The molecule has 0 unspecified atom stereocenters. The zero-order chi connectivity index (χ0) is 30.7. The molecule has 228 valence electrons. The molecule has 13 heteroatoms. The molecule has 1 N–H and O–H groups in total. The zero-order valence-electron chi connectivity index (χ0n) is 23.8. The number of alkyl halides is 3. The van der Waals surface area contributed by atoms with Gasteiger partial charge in [0.1, 0.15) is 18.2 Å². The van der Waals surface area contributed by atoms with Crippen LogP contribution in [0, 0.1) is 5.41 Å². The maximum absolute atomic E-state index is 14.1. The molecule has 0 radical (unpaired) electrons. The van der Waals surface area contributed by atoms with Crippen LogP contribution in [0.25, 0.3) is 16.8 Å². The molecule has 3 heterocycles. The number of amides is 2. The summed E-state index contributed by atoms with van der Waals surface area (Å²) in [4.78, 5) is 44.7. The fourth-order valence-electron chi connectivity index (χ4n) is 4.95. The van der Waals surface area contributed by atoms with Crippen molar-refractivity contribution in [3.63, 3.8) is 0 Å². The Balaban J connectivity index is 1.86. The van der Waals surface area contributed by atoms with Crippen LogP contribution >= 0.6 is 0 Å². The van der Waals surface area contributed by atoms with Crippen LogP contribution in [-0.4, -0.2) is 71.8 Å². The molecule has 2 aromatic rings. The number of hydrogen-bond acceptors (Lipinski definition) is 8. The Morgan fingerprint density at radius 1 is 1.19 bits per heavy atom. The molecule has 0 aliphatic carbocycles. The minimum atomic E-state index is -5.21. The van der Waals surface area contributed by atoms with Gasteiger partial charge in [0.05, 0.1) is 13.2 Å². The van der Waals surface area contributed by atoms with Crippen LogP contribution in [0.2, 0.25) is 0 Å². The molecule has 1 aromatic carbocycles. The van der Waals surface area contributed by atoms with E-state index in [9.17, 15) is 27.6 Å². The van der Waals surface area contributed by atoms with Gasteiger partial charge in [0.25, 0.3) is 0 Å². The lowest BCUT2D eigenvalue weighted by Gasteiger charge is -2.37. The van der Waals surface area contributed by atoms with Crippen LogP contribution in [-0.2, 0) is 23.8 Å². The SMILES string of the molecule is CCOC(=O)[C@@H]1C[C@@H]2Oc3nccc4ccc(cc34)C=CCCCOC(=O)N[C@@H](C(C)(C)C)C(=O)N1[C@@H]2OC(F)(F)F. The Kier molecular flexibility index (Phi) is 9.29. The van der Waals surface area contributed by atoms with E-state index < -0.39 is 54.2 Å². The van der Waals surface area contributed by atoms with Gasteiger partial charge in [0.15, 0.2) is 6.23 Å². The third-order valence-corrected chi connectivity index (χ3v) is 6.90. The summed E-state index contributed by atoms with van der Waals surface area (Å²) in [7, 11) is 0. The number of esters is 1. The fourth-order valence-corrected chi connectivity index (χ4v) is 4.95. The van der Waals surface area contributed by atoms with E-state index in [2.05, 4.69) is 15.0 Å². The van der Waals surface area contributed by atoms with Crippen LogP contribution in [0.4, 0.5) is 18.0 Å². The van der Waals surface area contributed by atoms with E-state index in [0.717, 1.165) is 10.9 Å². The van der Waals surface area contributed by atoms with Crippen molar-refractivity contribution >= 4 is 34.8 Å². The number of nitrogens with zero attached hydrogens (tertiary/aromatic N) is 2. The maximum Gasteiger partial charge on any atom is 0.524 e. The van der Waals surface area contributed by atoms with E-state index in [1.54, 1.807) is 32.9 Å². The number of nitrogens with one attached hydrogen (secondary N) is 1. The standard InChI is InChI=1S/C29H34F3N3O7/c1-5-39-26(37)20-16-21-25(42-29(30,31)32)35(20)24(36)22(28(2,3)4)34-27(38)40-14-8-6-7-9-17-10-11-18-12-13-33-23(41-21)19(18)15-17/h7,9-13,15,20-22,25H,5-6,8,14,16H2,1-4H3,(H,34,38)/t20-,21-,22+,25+/m0/s1. The van der Waals surface area contributed by atoms with Crippen molar-refractivity contribution in [2.75, 3.05) is 13.2 Å². The highest BCUT2D eigenvalue weighted by Crippen LogP contribution is 2.37. The Morgan fingerprint density at radius 2 is 1.95 bits per heavy atom. The summed E-state index contributed by atoms with van der Waals surface area (Å²) in [5.74, 6) is -1.92. The number of allylic oxidation sites excluding steroid dienone is 1. The molecule has 4 bridgehead atoms. The largest absolute Gasteiger partial charge is 0.524 e. The summed E-state index contributed by atoms with van der Waals surface area (Å²) in [6, 6.07) is 4.28. The first-order valence-electron chi connectivity index (χ1n) is 13.7. The molecular weight excluding hydrogens is 559 g/mol. The van der Waals surface area contributed by atoms with E-state index in [1.165, 1.54) is 13.1 Å². The Morgan fingerprint density at radius 3 is 2.64 bits per heavy atom. The second-order valence-corrected chi connectivity index (χ2v) is 11.1. The zero-order valence-corrected chi connectivity index (χ0v) is 23.8. The first kappa shape index (κ1) is 31.1. The van der Waals surface area contributed by atoms with Gasteiger partial charge in [-0.25, -0.2) is 14.6 Å². The molecule has 10 nitrogen and oxygen atoms in total. The topological polar surface area (TPSA) is 116 Å². The van der Waals surface area contributed by atoms with Crippen LogP contribution in [0.3, 0.4) is 0 Å². The van der Waals surface area contributed by atoms with E-state index in [1.807, 2.05) is 24.3 Å². The Hall–Kier alpha value is -3.87. The lowest BCUT2D eigenvalue weighted by Crippen LogP contribution is -2.60. The van der Waals surface area contributed by atoms with Crippen molar-refractivity contribution in [3.8, 4) is 5.88 Å². The fraction of sp³-hybridized carbons (Fsp3) is 0.517. The normalized spacial score (nSPS) is 24.0. The van der Waals surface area contributed by atoms with Crippen LogP contribution in [0.15, 0.2) is 36.5 Å². The van der Waals surface area contributed by atoms with Crippen molar-refractivity contribution in [2.24, 2.45) is 5.41 Å². The molecule has 4 rings (SSSR count). The molecular formula is C29H34F3N3O7. The monoisotopic (exact) mass is 593 g/mol. The highest BCUT2D eigenvalue weighted by Gasteiger charge is 2.56. The molecule has 2 aliphatic rings. The van der Waals surface area contributed by atoms with Gasteiger partial charge in [-0.2, -0.15) is 0 Å². The number of aromatic nitrogens is 1. The smallest absolute Gasteiger partial charge is 0.469 e. The van der Waals surface area contributed by atoms with Gasteiger partial charge < -0.3 is 19.5 Å². The van der Waals surface area contributed by atoms with Crippen molar-refractivity contribution in [2.45, 2.75) is 77.7 Å². The number of hydrogen-bond donors (Lipinski definition) is 1. The second-order valence-electron chi connectivity index (χ2n) is 11.1. The predicted molar refractivity (Wildman–Crippen MR) is 145 cm³/mol. The molecule has 4 atom stereocenters. The number of carbonyl (C=O) groups excluding carboxylic acids is 3. The van der Waals surface area contributed by atoms with Gasteiger partial charge in [-0.1, -0.05) is 45.1 Å².